The highest BCUT2D eigenvalue weighted by Gasteiger charge is 2.58. The lowest BCUT2D eigenvalue weighted by Crippen LogP contribution is -2.41. The van der Waals surface area contributed by atoms with Crippen LogP contribution >= 0.6 is 0 Å². The number of nitrogens with zero attached hydrogens (tertiary/aromatic N) is 2. The molecule has 3 aliphatic rings. The van der Waals surface area contributed by atoms with Crippen molar-refractivity contribution in [3.63, 3.8) is 0 Å². The average molecular weight is 402 g/mol. The van der Waals surface area contributed by atoms with E-state index in [2.05, 4.69) is 4.98 Å². The molecule has 7 nitrogen and oxygen atoms in total. The fourth-order valence-corrected chi connectivity index (χ4v) is 4.51. The van der Waals surface area contributed by atoms with Crippen molar-refractivity contribution >= 4 is 11.6 Å². The van der Waals surface area contributed by atoms with Gasteiger partial charge in [-0.3, -0.25) is 4.79 Å². The van der Waals surface area contributed by atoms with Crippen molar-refractivity contribution in [2.75, 3.05) is 31.8 Å². The minimum atomic E-state index is -1.01. The fraction of sp³-hybridized carbons (Fsp3) is 0.217. The zero-order valence-electron chi connectivity index (χ0n) is 16.3. The first kappa shape index (κ1) is 17.1. The van der Waals surface area contributed by atoms with E-state index in [9.17, 15) is 4.79 Å². The van der Waals surface area contributed by atoms with Gasteiger partial charge in [0.2, 0.25) is 11.8 Å². The molecule has 3 aliphatic heterocycles. The molecule has 0 radical (unpaired) electrons. The summed E-state index contributed by atoms with van der Waals surface area (Å²) in [6, 6.07) is 14.8. The molecular weight excluding hydrogens is 384 g/mol. The van der Waals surface area contributed by atoms with Crippen LogP contribution in [-0.4, -0.2) is 37.8 Å². The summed E-state index contributed by atoms with van der Waals surface area (Å²) in [4.78, 5) is 19.6. The number of carbonyl (C=O) groups excluding carboxylic acids is 1. The van der Waals surface area contributed by atoms with Crippen LogP contribution in [0.15, 0.2) is 54.7 Å². The Morgan fingerprint density at radius 1 is 1.00 bits per heavy atom. The maximum Gasteiger partial charge on any atom is 0.245 e. The number of fused-ring (bicyclic) bond motifs is 5. The lowest BCUT2D eigenvalue weighted by atomic mass is 9.76. The van der Waals surface area contributed by atoms with Gasteiger partial charge in [0, 0.05) is 36.5 Å². The summed E-state index contributed by atoms with van der Waals surface area (Å²) in [5.74, 6) is 2.86. The van der Waals surface area contributed by atoms with Gasteiger partial charge in [0.1, 0.15) is 36.7 Å². The molecule has 1 amide bonds. The van der Waals surface area contributed by atoms with Crippen LogP contribution in [0.2, 0.25) is 0 Å². The Balaban J connectivity index is 1.56. The van der Waals surface area contributed by atoms with Gasteiger partial charge in [-0.1, -0.05) is 12.1 Å². The molecular formula is C23H18N2O5. The second-order valence-corrected chi connectivity index (χ2v) is 7.47. The van der Waals surface area contributed by atoms with Gasteiger partial charge < -0.3 is 23.8 Å². The second kappa shape index (κ2) is 6.13. The van der Waals surface area contributed by atoms with Crippen molar-refractivity contribution < 1.29 is 23.7 Å². The molecule has 7 heteroatoms. The van der Waals surface area contributed by atoms with E-state index in [1.165, 1.54) is 0 Å². The molecule has 4 heterocycles. The Hall–Kier alpha value is -3.74. The first-order valence-corrected chi connectivity index (χ1v) is 9.76. The number of aromatic nitrogens is 1. The van der Waals surface area contributed by atoms with E-state index in [4.69, 9.17) is 18.9 Å². The Morgan fingerprint density at radius 2 is 1.83 bits per heavy atom. The van der Waals surface area contributed by atoms with Crippen molar-refractivity contribution in [1.29, 1.82) is 0 Å². The Morgan fingerprint density at radius 3 is 2.63 bits per heavy atom. The van der Waals surface area contributed by atoms with Gasteiger partial charge in [0.25, 0.3) is 0 Å². The molecule has 0 saturated heterocycles. The van der Waals surface area contributed by atoms with E-state index in [0.717, 1.165) is 16.8 Å². The van der Waals surface area contributed by atoms with Gasteiger partial charge in [0.05, 0.1) is 5.69 Å². The lowest BCUT2D eigenvalue weighted by molar-refractivity contribution is -0.121. The van der Waals surface area contributed by atoms with Crippen LogP contribution in [0.4, 0.5) is 5.69 Å². The molecule has 0 bridgehead atoms. The van der Waals surface area contributed by atoms with Crippen LogP contribution < -0.4 is 23.8 Å². The van der Waals surface area contributed by atoms with Crippen LogP contribution in [0, 0.1) is 0 Å². The summed E-state index contributed by atoms with van der Waals surface area (Å²) in [6.45, 7) is 1.14. The molecule has 2 aromatic carbocycles. The molecule has 0 fully saturated rings. The van der Waals surface area contributed by atoms with Gasteiger partial charge >= 0.3 is 0 Å². The van der Waals surface area contributed by atoms with Gasteiger partial charge in [-0.15, -0.1) is 0 Å². The SMILES string of the molecule is CN1C(=O)C2(COc3cc4c(cc32)OCCO4)c2c(Oc3ccccn3)cccc21. The molecule has 30 heavy (non-hydrogen) atoms. The number of likely N-dealkylation sites (N-methyl/N-ethyl adjacent to an activating group) is 1. The maximum absolute atomic E-state index is 13.6. The Labute approximate surface area is 172 Å². The molecule has 1 aromatic heterocycles. The highest BCUT2D eigenvalue weighted by atomic mass is 16.6. The zero-order valence-corrected chi connectivity index (χ0v) is 16.3. The fourth-order valence-electron chi connectivity index (χ4n) is 4.51. The van der Waals surface area contributed by atoms with Crippen LogP contribution in [0.3, 0.4) is 0 Å². The molecule has 0 N–H and O–H groups in total. The number of amides is 1. The van der Waals surface area contributed by atoms with Crippen LogP contribution in [0.25, 0.3) is 0 Å². The number of hydrogen-bond acceptors (Lipinski definition) is 6. The quantitative estimate of drug-likeness (QED) is 0.655. The maximum atomic E-state index is 13.6. The van der Waals surface area contributed by atoms with Crippen LogP contribution in [-0.2, 0) is 10.2 Å². The predicted octanol–water partition coefficient (Wildman–Crippen LogP) is 3.30. The number of pyridine rings is 1. The van der Waals surface area contributed by atoms with Gasteiger partial charge in [-0.05, 0) is 24.3 Å². The molecule has 3 aromatic rings. The largest absolute Gasteiger partial charge is 0.491 e. The Bertz CT molecular complexity index is 1180. The monoisotopic (exact) mass is 402 g/mol. The lowest BCUT2D eigenvalue weighted by Gasteiger charge is -2.24. The molecule has 6 rings (SSSR count). The van der Waals surface area contributed by atoms with Crippen LogP contribution in [0.1, 0.15) is 11.1 Å². The van der Waals surface area contributed by atoms with E-state index >= 15 is 0 Å². The molecule has 1 atom stereocenters. The second-order valence-electron chi connectivity index (χ2n) is 7.47. The topological polar surface area (TPSA) is 70.1 Å². The van der Waals surface area contributed by atoms with E-state index in [1.54, 1.807) is 24.2 Å². The van der Waals surface area contributed by atoms with E-state index in [1.807, 2.05) is 42.5 Å². The van der Waals surface area contributed by atoms with Crippen molar-refractivity contribution in [1.82, 2.24) is 4.98 Å². The first-order chi connectivity index (χ1) is 14.7. The average Bonchev–Trinajstić information content (AvgIpc) is 3.25. The van der Waals surface area contributed by atoms with Crippen molar-refractivity contribution in [2.45, 2.75) is 5.41 Å². The normalized spacial score (nSPS) is 20.7. The molecule has 0 saturated carbocycles. The molecule has 150 valence electrons. The number of carbonyl (C=O) groups is 1. The number of benzene rings is 2. The minimum Gasteiger partial charge on any atom is -0.491 e. The minimum absolute atomic E-state index is 0.0648. The molecule has 1 unspecified atom stereocenters. The predicted molar refractivity (Wildman–Crippen MR) is 108 cm³/mol. The third-order valence-corrected chi connectivity index (χ3v) is 5.86. The smallest absolute Gasteiger partial charge is 0.245 e. The number of hydrogen-bond donors (Lipinski definition) is 0. The number of rotatable bonds is 2. The number of anilines is 1. The first-order valence-electron chi connectivity index (χ1n) is 9.76. The van der Waals surface area contributed by atoms with Gasteiger partial charge in [-0.2, -0.15) is 0 Å². The van der Waals surface area contributed by atoms with Gasteiger partial charge in [-0.25, -0.2) is 4.98 Å². The van der Waals surface area contributed by atoms with Crippen molar-refractivity contribution in [3.05, 3.63) is 65.9 Å². The summed E-state index contributed by atoms with van der Waals surface area (Å²) in [6.07, 6.45) is 1.67. The van der Waals surface area contributed by atoms with E-state index in [-0.39, 0.29) is 12.5 Å². The highest BCUT2D eigenvalue weighted by Crippen LogP contribution is 2.57. The summed E-state index contributed by atoms with van der Waals surface area (Å²) in [5, 5.41) is 0. The van der Waals surface area contributed by atoms with Crippen molar-refractivity contribution in [3.8, 4) is 28.9 Å². The third-order valence-electron chi connectivity index (χ3n) is 5.86. The molecule has 1 spiro atoms. The van der Waals surface area contributed by atoms with Crippen LogP contribution in [0.5, 0.6) is 28.9 Å². The van der Waals surface area contributed by atoms with E-state index in [0.29, 0.717) is 42.1 Å². The zero-order chi connectivity index (χ0) is 20.3. The van der Waals surface area contributed by atoms with E-state index < -0.39 is 5.41 Å². The third kappa shape index (κ3) is 2.20. The summed E-state index contributed by atoms with van der Waals surface area (Å²) < 4.78 is 23.6. The Kier molecular flexibility index (Phi) is 3.50. The standard InChI is InChI=1S/C23H18N2O5/c1-25-15-5-4-6-16(30-20-7-2-3-8-24-20)21(15)23(22(25)26)13-29-17-12-19-18(11-14(17)23)27-9-10-28-19/h2-8,11-12H,9-10,13H2,1H3. The van der Waals surface area contributed by atoms with Crippen molar-refractivity contribution in [2.24, 2.45) is 0 Å². The summed E-state index contributed by atoms with van der Waals surface area (Å²) in [5.41, 5.74) is 1.32. The highest BCUT2D eigenvalue weighted by molar-refractivity contribution is 6.12. The summed E-state index contributed by atoms with van der Waals surface area (Å²) in [7, 11) is 1.77. The number of ether oxygens (including phenoxy) is 4. The van der Waals surface area contributed by atoms with Gasteiger partial charge in [0.15, 0.2) is 11.5 Å². The summed E-state index contributed by atoms with van der Waals surface area (Å²) >= 11 is 0. The molecule has 0 aliphatic carbocycles.